The first-order valence-corrected chi connectivity index (χ1v) is 6.76. The summed E-state index contributed by atoms with van der Waals surface area (Å²) in [5.74, 6) is -0.741. The quantitative estimate of drug-likeness (QED) is 0.717. The third-order valence-corrected chi connectivity index (χ3v) is 3.73. The van der Waals surface area contributed by atoms with Gasteiger partial charge >= 0.3 is 0 Å². The summed E-state index contributed by atoms with van der Waals surface area (Å²) in [6.07, 6.45) is 0. The van der Waals surface area contributed by atoms with Crippen LogP contribution in [0.3, 0.4) is 0 Å². The van der Waals surface area contributed by atoms with Gasteiger partial charge in [-0.1, -0.05) is 34.1 Å². The van der Waals surface area contributed by atoms with Crippen molar-refractivity contribution in [2.45, 2.75) is 10.6 Å². The van der Waals surface area contributed by atoms with E-state index in [0.717, 1.165) is 4.90 Å². The molecule has 17 heavy (non-hydrogen) atoms. The highest BCUT2D eigenvalue weighted by Crippen LogP contribution is 2.27. The molecule has 0 aliphatic heterocycles. The highest BCUT2D eigenvalue weighted by molar-refractivity contribution is 9.10. The van der Waals surface area contributed by atoms with E-state index in [-0.39, 0.29) is 11.3 Å². The Bertz CT molecular complexity index is 491. The second-order valence-electron chi connectivity index (χ2n) is 3.45. The number of halogens is 3. The van der Waals surface area contributed by atoms with Crippen molar-refractivity contribution in [3.8, 4) is 0 Å². The molecule has 0 amide bonds. The number of thioether (sulfide) groups is 1. The lowest BCUT2D eigenvalue weighted by Crippen LogP contribution is -1.93. The Labute approximate surface area is 111 Å². The standard InChI is InChI=1S/C13H9BrF2S/c14-9-6-12(15)11(13(16)7-9)8-17-10-4-2-1-3-5-10/h1-7H,8H2. The molecule has 2 aromatic rings. The van der Waals surface area contributed by atoms with Crippen LogP contribution in [-0.4, -0.2) is 0 Å². The summed E-state index contributed by atoms with van der Waals surface area (Å²) in [7, 11) is 0. The Morgan fingerprint density at radius 3 is 2.18 bits per heavy atom. The minimum atomic E-state index is -0.514. The second-order valence-corrected chi connectivity index (χ2v) is 5.41. The molecule has 2 rings (SSSR count). The van der Waals surface area contributed by atoms with Crippen molar-refractivity contribution in [2.75, 3.05) is 0 Å². The molecule has 0 radical (unpaired) electrons. The zero-order valence-corrected chi connectivity index (χ0v) is 11.2. The van der Waals surface area contributed by atoms with Crippen molar-refractivity contribution in [2.24, 2.45) is 0 Å². The number of benzene rings is 2. The van der Waals surface area contributed by atoms with Crippen LogP contribution in [0.2, 0.25) is 0 Å². The molecule has 0 spiro atoms. The van der Waals surface area contributed by atoms with Crippen LogP contribution in [0.15, 0.2) is 51.8 Å². The first kappa shape index (κ1) is 12.6. The SMILES string of the molecule is Fc1cc(Br)cc(F)c1CSc1ccccc1. The maximum atomic E-state index is 13.5. The molecule has 0 fully saturated rings. The summed E-state index contributed by atoms with van der Waals surface area (Å²) in [5, 5.41) is 0. The van der Waals surface area contributed by atoms with Crippen LogP contribution < -0.4 is 0 Å². The number of hydrogen-bond donors (Lipinski definition) is 0. The highest BCUT2D eigenvalue weighted by atomic mass is 79.9. The second kappa shape index (κ2) is 5.65. The summed E-state index contributed by atoms with van der Waals surface area (Å²) in [6, 6.07) is 12.1. The van der Waals surface area contributed by atoms with Crippen LogP contribution in [0.1, 0.15) is 5.56 Å². The fourth-order valence-electron chi connectivity index (χ4n) is 1.38. The third kappa shape index (κ3) is 3.30. The van der Waals surface area contributed by atoms with Crippen molar-refractivity contribution < 1.29 is 8.78 Å². The van der Waals surface area contributed by atoms with Gasteiger partial charge in [0, 0.05) is 20.7 Å². The van der Waals surface area contributed by atoms with Gasteiger partial charge in [-0.05, 0) is 24.3 Å². The summed E-state index contributed by atoms with van der Waals surface area (Å²) >= 11 is 4.47. The molecule has 0 nitrogen and oxygen atoms in total. The Morgan fingerprint density at radius 1 is 1.00 bits per heavy atom. The summed E-state index contributed by atoms with van der Waals surface area (Å²) < 4.78 is 27.5. The van der Waals surface area contributed by atoms with E-state index in [0.29, 0.717) is 4.47 Å². The maximum Gasteiger partial charge on any atom is 0.131 e. The van der Waals surface area contributed by atoms with Gasteiger partial charge in [0.15, 0.2) is 0 Å². The van der Waals surface area contributed by atoms with Gasteiger partial charge in [-0.3, -0.25) is 0 Å². The van der Waals surface area contributed by atoms with E-state index in [1.165, 1.54) is 23.9 Å². The molecular formula is C13H9BrF2S. The molecule has 0 aromatic heterocycles. The lowest BCUT2D eigenvalue weighted by atomic mass is 10.2. The molecule has 0 atom stereocenters. The van der Waals surface area contributed by atoms with E-state index in [9.17, 15) is 8.78 Å². The minimum Gasteiger partial charge on any atom is -0.207 e. The van der Waals surface area contributed by atoms with Gasteiger partial charge in [0.1, 0.15) is 11.6 Å². The predicted molar refractivity (Wildman–Crippen MR) is 70.1 cm³/mol. The van der Waals surface area contributed by atoms with Gasteiger partial charge in [0.05, 0.1) is 0 Å². The molecule has 0 bridgehead atoms. The van der Waals surface area contributed by atoms with Crippen LogP contribution in [0.4, 0.5) is 8.78 Å². The molecule has 4 heteroatoms. The van der Waals surface area contributed by atoms with Gasteiger partial charge in [0.25, 0.3) is 0 Å². The van der Waals surface area contributed by atoms with Crippen molar-refractivity contribution in [1.82, 2.24) is 0 Å². The zero-order chi connectivity index (χ0) is 12.3. The van der Waals surface area contributed by atoms with E-state index in [1.54, 1.807) is 0 Å². The van der Waals surface area contributed by atoms with E-state index in [2.05, 4.69) is 15.9 Å². The molecule has 0 saturated heterocycles. The fraction of sp³-hybridized carbons (Fsp3) is 0.0769. The van der Waals surface area contributed by atoms with Crippen LogP contribution in [0, 0.1) is 11.6 Å². The lowest BCUT2D eigenvalue weighted by Gasteiger charge is -2.05. The highest BCUT2D eigenvalue weighted by Gasteiger charge is 2.10. The smallest absolute Gasteiger partial charge is 0.131 e. The van der Waals surface area contributed by atoms with Crippen LogP contribution >= 0.6 is 27.7 Å². The predicted octanol–water partition coefficient (Wildman–Crippen LogP) is 5.02. The summed E-state index contributed by atoms with van der Waals surface area (Å²) in [5.41, 5.74) is 0.113. The summed E-state index contributed by atoms with van der Waals surface area (Å²) in [6.45, 7) is 0. The van der Waals surface area contributed by atoms with Crippen LogP contribution in [0.5, 0.6) is 0 Å². The Morgan fingerprint density at radius 2 is 1.59 bits per heavy atom. The average molecular weight is 315 g/mol. The van der Waals surface area contributed by atoms with Crippen molar-refractivity contribution in [1.29, 1.82) is 0 Å². The van der Waals surface area contributed by atoms with Crippen LogP contribution in [-0.2, 0) is 5.75 Å². The van der Waals surface area contributed by atoms with Crippen molar-refractivity contribution in [3.63, 3.8) is 0 Å². The van der Waals surface area contributed by atoms with E-state index in [4.69, 9.17) is 0 Å². The number of hydrogen-bond acceptors (Lipinski definition) is 1. The molecule has 0 aliphatic rings. The Kier molecular flexibility index (Phi) is 4.18. The normalized spacial score (nSPS) is 10.5. The van der Waals surface area contributed by atoms with Gasteiger partial charge < -0.3 is 0 Å². The first-order valence-electron chi connectivity index (χ1n) is 4.98. The zero-order valence-electron chi connectivity index (χ0n) is 8.79. The average Bonchev–Trinajstić information content (AvgIpc) is 2.29. The Balaban J connectivity index is 2.15. The number of rotatable bonds is 3. The van der Waals surface area contributed by atoms with Crippen molar-refractivity contribution in [3.05, 3.63) is 64.1 Å². The van der Waals surface area contributed by atoms with Gasteiger partial charge in [-0.2, -0.15) is 0 Å². The van der Waals surface area contributed by atoms with Gasteiger partial charge in [-0.15, -0.1) is 11.8 Å². The van der Waals surface area contributed by atoms with Crippen LogP contribution in [0.25, 0.3) is 0 Å². The molecule has 88 valence electrons. The third-order valence-electron chi connectivity index (χ3n) is 2.23. The summed E-state index contributed by atoms with van der Waals surface area (Å²) in [4.78, 5) is 0.995. The molecule has 0 saturated carbocycles. The monoisotopic (exact) mass is 314 g/mol. The molecule has 0 heterocycles. The molecular weight excluding hydrogens is 306 g/mol. The lowest BCUT2D eigenvalue weighted by molar-refractivity contribution is 0.565. The van der Waals surface area contributed by atoms with Crippen molar-refractivity contribution >= 4 is 27.7 Å². The largest absolute Gasteiger partial charge is 0.207 e. The topological polar surface area (TPSA) is 0 Å². The molecule has 0 N–H and O–H groups in total. The molecule has 0 unspecified atom stereocenters. The molecule has 2 aromatic carbocycles. The fourth-order valence-corrected chi connectivity index (χ4v) is 2.72. The van der Waals surface area contributed by atoms with Gasteiger partial charge in [0.2, 0.25) is 0 Å². The van der Waals surface area contributed by atoms with E-state index < -0.39 is 11.6 Å². The first-order chi connectivity index (χ1) is 8.16. The van der Waals surface area contributed by atoms with E-state index >= 15 is 0 Å². The minimum absolute atomic E-state index is 0.113. The van der Waals surface area contributed by atoms with Gasteiger partial charge in [-0.25, -0.2) is 8.78 Å². The molecule has 0 aliphatic carbocycles. The van der Waals surface area contributed by atoms with E-state index in [1.807, 2.05) is 30.3 Å². The maximum absolute atomic E-state index is 13.5. The Hall–Kier alpha value is -0.870.